The van der Waals surface area contributed by atoms with E-state index in [1.165, 1.54) is 6.26 Å². The van der Waals surface area contributed by atoms with Gasteiger partial charge in [-0.3, -0.25) is 14.2 Å². The van der Waals surface area contributed by atoms with Gasteiger partial charge in [-0.05, 0) is 88.0 Å². The molecule has 0 aliphatic rings. The van der Waals surface area contributed by atoms with Gasteiger partial charge in [0.2, 0.25) is 0 Å². The van der Waals surface area contributed by atoms with Crippen LogP contribution in [0.2, 0.25) is 0 Å². The van der Waals surface area contributed by atoms with E-state index in [-0.39, 0.29) is 24.2 Å². The topological polar surface area (TPSA) is 111 Å². The molecule has 10 nitrogen and oxygen atoms in total. The van der Waals surface area contributed by atoms with E-state index in [2.05, 4.69) is 15.5 Å². The molecule has 0 saturated heterocycles. The highest BCUT2D eigenvalue weighted by molar-refractivity contribution is 7.90. The molecule has 2 aromatic heterocycles. The summed E-state index contributed by atoms with van der Waals surface area (Å²) >= 11 is 0. The average molecular weight is 593 g/mol. The number of aryl methyl sites for hydroxylation is 3. The summed E-state index contributed by atoms with van der Waals surface area (Å²) in [5, 5.41) is 12.2. The summed E-state index contributed by atoms with van der Waals surface area (Å²) in [7, 11) is 0.863. The molecule has 224 valence electrons. The lowest BCUT2D eigenvalue weighted by Crippen LogP contribution is -2.27. The molecule has 2 heterocycles. The predicted octanol–water partition coefficient (Wildman–Crippen LogP) is 4.22. The van der Waals surface area contributed by atoms with Gasteiger partial charge < -0.3 is 15.0 Å². The molecule has 11 heteroatoms. The molecule has 42 heavy (non-hydrogen) atoms. The summed E-state index contributed by atoms with van der Waals surface area (Å²) in [6, 6.07) is 13.3. The Balaban J connectivity index is 1.61. The Morgan fingerprint density at radius 1 is 1.07 bits per heavy atom. The second kappa shape index (κ2) is 13.3. The number of benzene rings is 2. The van der Waals surface area contributed by atoms with Crippen molar-refractivity contribution in [3.05, 3.63) is 77.7 Å². The van der Waals surface area contributed by atoms with E-state index >= 15 is 0 Å². The minimum atomic E-state index is -3.11. The van der Waals surface area contributed by atoms with E-state index in [9.17, 15) is 13.2 Å². The number of ether oxygens (including phenoxy) is 1. The van der Waals surface area contributed by atoms with Gasteiger partial charge in [-0.2, -0.15) is 10.2 Å². The van der Waals surface area contributed by atoms with Crippen molar-refractivity contribution in [2.75, 3.05) is 39.3 Å². The third-order valence-electron chi connectivity index (χ3n) is 6.98. The molecule has 0 aliphatic heterocycles. The highest BCUT2D eigenvalue weighted by atomic mass is 32.2. The fourth-order valence-electron chi connectivity index (χ4n) is 4.44. The first-order valence-corrected chi connectivity index (χ1v) is 16.1. The smallest absolute Gasteiger partial charge is 0.252 e. The van der Waals surface area contributed by atoms with Crippen LogP contribution in [0.5, 0.6) is 5.75 Å². The molecule has 0 spiro atoms. The Morgan fingerprint density at radius 3 is 2.52 bits per heavy atom. The van der Waals surface area contributed by atoms with Crippen LogP contribution in [0.25, 0.3) is 22.4 Å². The Bertz CT molecular complexity index is 1640. The maximum Gasteiger partial charge on any atom is 0.252 e. The lowest BCUT2D eigenvalue weighted by molar-refractivity contribution is 0.0938. The fraction of sp³-hybridized carbons (Fsp3) is 0.387. The quantitative estimate of drug-likeness (QED) is 0.248. The van der Waals surface area contributed by atoms with Crippen LogP contribution in [-0.2, 0) is 22.9 Å². The predicted molar refractivity (Wildman–Crippen MR) is 165 cm³/mol. The number of likely N-dealkylation sites (N-methyl/N-ethyl adjacent to an activating group) is 1. The van der Waals surface area contributed by atoms with Gasteiger partial charge in [-0.15, -0.1) is 0 Å². The molecular formula is C31H40N6O4S. The maximum absolute atomic E-state index is 13.4. The second-order valence-corrected chi connectivity index (χ2v) is 13.1. The van der Waals surface area contributed by atoms with Crippen molar-refractivity contribution < 1.29 is 17.9 Å². The molecule has 4 aromatic rings. The minimum Gasteiger partial charge on any atom is -0.492 e. The number of hydrogen-bond donors (Lipinski definition) is 1. The molecule has 0 fully saturated rings. The third kappa shape index (κ3) is 8.29. The van der Waals surface area contributed by atoms with Crippen LogP contribution in [0.15, 0.2) is 61.1 Å². The number of amides is 1. The van der Waals surface area contributed by atoms with Gasteiger partial charge in [-0.25, -0.2) is 8.42 Å². The average Bonchev–Trinajstić information content (AvgIpc) is 3.62. The summed E-state index contributed by atoms with van der Waals surface area (Å²) < 4.78 is 32.6. The van der Waals surface area contributed by atoms with E-state index in [1.54, 1.807) is 16.9 Å². The molecule has 1 amide bonds. The number of carbonyl (C=O) groups excluding carboxylic acids is 1. The highest BCUT2D eigenvalue weighted by Gasteiger charge is 2.18. The van der Waals surface area contributed by atoms with Crippen LogP contribution >= 0.6 is 0 Å². The van der Waals surface area contributed by atoms with Crippen LogP contribution in [0.1, 0.15) is 41.4 Å². The molecule has 0 aliphatic carbocycles. The van der Waals surface area contributed by atoms with Crippen LogP contribution in [0.4, 0.5) is 0 Å². The van der Waals surface area contributed by atoms with Crippen molar-refractivity contribution in [3.63, 3.8) is 0 Å². The van der Waals surface area contributed by atoms with Crippen molar-refractivity contribution in [1.29, 1.82) is 0 Å². The maximum atomic E-state index is 13.4. The number of rotatable bonds is 13. The van der Waals surface area contributed by atoms with Crippen LogP contribution in [-0.4, -0.2) is 78.0 Å². The van der Waals surface area contributed by atoms with Crippen LogP contribution in [0, 0.1) is 6.92 Å². The largest absolute Gasteiger partial charge is 0.492 e. The molecule has 0 unspecified atom stereocenters. The summed E-state index contributed by atoms with van der Waals surface area (Å²) in [6.45, 7) is 8.23. The Labute approximate surface area is 248 Å². The van der Waals surface area contributed by atoms with Gasteiger partial charge in [0.1, 0.15) is 22.2 Å². The van der Waals surface area contributed by atoms with Crippen molar-refractivity contribution in [2.45, 2.75) is 39.9 Å². The number of carbonyl (C=O) groups is 1. The SMILES string of the molecule is CCn1ccc(-c2cc(-c3cnn(CCS(C)(=O)=O)c3)cc([C@@H](C)NC(=O)c3cc(OCCN(C)C)ccc3C)c2)n1. The van der Waals surface area contributed by atoms with E-state index < -0.39 is 9.84 Å². The van der Waals surface area contributed by atoms with E-state index in [1.807, 2.05) is 93.2 Å². The van der Waals surface area contributed by atoms with Gasteiger partial charge in [0.05, 0.1) is 30.2 Å². The summed E-state index contributed by atoms with van der Waals surface area (Å²) in [5.41, 5.74) is 5.80. The molecule has 0 saturated carbocycles. The number of sulfone groups is 1. The number of nitrogens with zero attached hydrogens (tertiary/aromatic N) is 5. The van der Waals surface area contributed by atoms with Gasteiger partial charge in [0.15, 0.2) is 0 Å². The molecular weight excluding hydrogens is 552 g/mol. The molecule has 0 bridgehead atoms. The standard InChI is InChI=1S/C31H40N6O4S/c1-7-36-11-10-30(34-36)26-17-24(16-25(18-26)27-20-32-37(21-27)13-15-42(6,39)40)23(3)33-31(38)29-19-28(9-8-22(29)2)41-14-12-35(4)5/h8-11,16-21,23H,7,12-15H2,1-6H3,(H,33,38)/t23-/m1/s1. The van der Waals surface area contributed by atoms with Crippen molar-refractivity contribution in [2.24, 2.45) is 0 Å². The summed E-state index contributed by atoms with van der Waals surface area (Å²) in [6.07, 6.45) is 6.72. The second-order valence-electron chi connectivity index (χ2n) is 10.8. The Hall–Kier alpha value is -3.96. The number of aromatic nitrogens is 4. The number of nitrogens with one attached hydrogen (secondary N) is 1. The normalized spacial score (nSPS) is 12.5. The third-order valence-corrected chi connectivity index (χ3v) is 7.91. The first-order chi connectivity index (χ1) is 19.9. The monoisotopic (exact) mass is 592 g/mol. The van der Waals surface area contributed by atoms with Crippen molar-refractivity contribution in [3.8, 4) is 28.1 Å². The molecule has 4 rings (SSSR count). The van der Waals surface area contributed by atoms with Gasteiger partial charge in [0, 0.05) is 48.4 Å². The minimum absolute atomic E-state index is 0.0121. The first kappa shape index (κ1) is 31.0. The fourth-order valence-corrected chi connectivity index (χ4v) is 4.96. The van der Waals surface area contributed by atoms with E-state index in [0.29, 0.717) is 17.9 Å². The van der Waals surface area contributed by atoms with E-state index in [0.717, 1.165) is 46.6 Å². The molecule has 1 atom stereocenters. The highest BCUT2D eigenvalue weighted by Crippen LogP contribution is 2.30. The summed E-state index contributed by atoms with van der Waals surface area (Å²) in [5.74, 6) is 0.482. The molecule has 0 radical (unpaired) electrons. The lowest BCUT2D eigenvalue weighted by atomic mass is 9.96. The zero-order valence-corrected chi connectivity index (χ0v) is 26.0. The molecule has 2 aromatic carbocycles. The van der Waals surface area contributed by atoms with Gasteiger partial charge in [-0.1, -0.05) is 6.07 Å². The summed E-state index contributed by atoms with van der Waals surface area (Å²) in [4.78, 5) is 15.5. The van der Waals surface area contributed by atoms with E-state index in [4.69, 9.17) is 4.74 Å². The Kier molecular flexibility index (Phi) is 9.85. The van der Waals surface area contributed by atoms with Crippen LogP contribution < -0.4 is 10.1 Å². The Morgan fingerprint density at radius 2 is 1.83 bits per heavy atom. The lowest BCUT2D eigenvalue weighted by Gasteiger charge is -2.18. The zero-order valence-electron chi connectivity index (χ0n) is 25.2. The number of hydrogen-bond acceptors (Lipinski definition) is 7. The van der Waals surface area contributed by atoms with Gasteiger partial charge in [0.25, 0.3) is 5.91 Å². The van der Waals surface area contributed by atoms with Crippen LogP contribution in [0.3, 0.4) is 0 Å². The van der Waals surface area contributed by atoms with Gasteiger partial charge >= 0.3 is 0 Å². The zero-order chi connectivity index (χ0) is 30.4. The van der Waals surface area contributed by atoms with Crippen molar-refractivity contribution >= 4 is 15.7 Å². The first-order valence-electron chi connectivity index (χ1n) is 14.0. The van der Waals surface area contributed by atoms with Crippen molar-refractivity contribution in [1.82, 2.24) is 29.8 Å². The molecule has 1 N–H and O–H groups in total.